The summed E-state index contributed by atoms with van der Waals surface area (Å²) in [7, 11) is 0. The molecule has 0 fully saturated rings. The average molecular weight is 283 g/mol. The normalized spacial score (nSPS) is 11.8. The maximum Gasteiger partial charge on any atom is 0.292 e. The van der Waals surface area contributed by atoms with Gasteiger partial charge in [-0.15, -0.1) is 0 Å². The molecule has 2 aromatic heterocycles. The molecule has 108 valence electrons. The monoisotopic (exact) mass is 283 g/mol. The summed E-state index contributed by atoms with van der Waals surface area (Å²) in [5.74, 6) is 0.458. The second-order valence-electron chi connectivity index (χ2n) is 6.02. The zero-order valence-electron chi connectivity index (χ0n) is 12.2. The summed E-state index contributed by atoms with van der Waals surface area (Å²) in [6, 6.07) is 11.1. The molecule has 0 unspecified atom stereocenters. The van der Waals surface area contributed by atoms with E-state index in [9.17, 15) is 4.79 Å². The van der Waals surface area contributed by atoms with Crippen LogP contribution in [0.4, 0.5) is 5.82 Å². The van der Waals surface area contributed by atoms with E-state index in [1.54, 1.807) is 6.07 Å². The number of aromatic nitrogens is 2. The van der Waals surface area contributed by atoms with E-state index in [0.717, 1.165) is 11.1 Å². The molecule has 0 atom stereocenters. The second-order valence-corrected chi connectivity index (χ2v) is 6.02. The summed E-state index contributed by atoms with van der Waals surface area (Å²) < 4.78 is 5.53. The first-order valence-electron chi connectivity index (χ1n) is 6.79. The molecule has 0 aliphatic rings. The Kier molecular flexibility index (Phi) is 3.05. The molecule has 21 heavy (non-hydrogen) atoms. The maximum absolute atomic E-state index is 12.2. The van der Waals surface area contributed by atoms with E-state index >= 15 is 0 Å². The van der Waals surface area contributed by atoms with Gasteiger partial charge in [-0.1, -0.05) is 39.0 Å². The zero-order chi connectivity index (χ0) is 15.0. The molecule has 5 heteroatoms. The largest absolute Gasteiger partial charge is 0.451 e. The first-order valence-corrected chi connectivity index (χ1v) is 6.79. The molecule has 0 saturated carbocycles. The molecule has 0 radical (unpaired) electrons. The Bertz CT molecular complexity index is 760. The third kappa shape index (κ3) is 2.67. The van der Waals surface area contributed by atoms with Crippen LogP contribution in [-0.2, 0) is 5.41 Å². The number of hydrogen-bond acceptors (Lipinski definition) is 3. The number of amides is 1. The Morgan fingerprint density at radius 1 is 1.24 bits per heavy atom. The molecule has 0 aliphatic heterocycles. The highest BCUT2D eigenvalue weighted by atomic mass is 16.3. The van der Waals surface area contributed by atoms with E-state index in [-0.39, 0.29) is 17.1 Å². The van der Waals surface area contributed by atoms with Crippen LogP contribution in [0.5, 0.6) is 0 Å². The number of para-hydroxylation sites is 1. The third-order valence-electron chi connectivity index (χ3n) is 3.28. The van der Waals surface area contributed by atoms with Crippen LogP contribution in [0.15, 0.2) is 40.8 Å². The van der Waals surface area contributed by atoms with Gasteiger partial charge >= 0.3 is 0 Å². The molecule has 5 nitrogen and oxygen atoms in total. The minimum Gasteiger partial charge on any atom is -0.451 e. The van der Waals surface area contributed by atoms with Crippen molar-refractivity contribution < 1.29 is 9.21 Å². The molecule has 2 heterocycles. The van der Waals surface area contributed by atoms with E-state index in [0.29, 0.717) is 11.4 Å². The van der Waals surface area contributed by atoms with Crippen LogP contribution in [0.25, 0.3) is 11.0 Å². The first-order chi connectivity index (χ1) is 9.93. The van der Waals surface area contributed by atoms with Gasteiger partial charge in [-0.3, -0.25) is 9.89 Å². The number of H-pyrrole nitrogens is 1. The number of nitrogens with zero attached hydrogens (tertiary/aromatic N) is 1. The standard InChI is InChI=1S/C16H17N3O2/c1-16(2,3)13-9-14(19-18-13)17-15(20)12-8-10-6-4-5-7-11(10)21-12/h4-9H,1-3H3,(H2,17,18,19,20). The molecule has 1 aromatic carbocycles. The first kappa shape index (κ1) is 13.4. The van der Waals surface area contributed by atoms with Gasteiger partial charge in [-0.25, -0.2) is 0 Å². The summed E-state index contributed by atoms with van der Waals surface area (Å²) in [6.45, 7) is 6.22. The number of rotatable bonds is 2. The summed E-state index contributed by atoms with van der Waals surface area (Å²) in [5, 5.41) is 10.7. The minimum atomic E-state index is -0.307. The number of carbonyl (C=O) groups excluding carboxylic acids is 1. The van der Waals surface area contributed by atoms with Crippen LogP contribution in [0.3, 0.4) is 0 Å². The highest BCUT2D eigenvalue weighted by Crippen LogP contribution is 2.23. The van der Waals surface area contributed by atoms with E-state index in [2.05, 4.69) is 36.3 Å². The van der Waals surface area contributed by atoms with Gasteiger partial charge in [-0.2, -0.15) is 5.10 Å². The van der Waals surface area contributed by atoms with Gasteiger partial charge in [0.05, 0.1) is 0 Å². The fourth-order valence-corrected chi connectivity index (χ4v) is 2.04. The lowest BCUT2D eigenvalue weighted by Gasteiger charge is -2.14. The van der Waals surface area contributed by atoms with Crippen LogP contribution in [0.2, 0.25) is 0 Å². The number of fused-ring (bicyclic) bond motifs is 1. The van der Waals surface area contributed by atoms with E-state index in [1.807, 2.05) is 30.3 Å². The van der Waals surface area contributed by atoms with Crippen LogP contribution in [0, 0.1) is 0 Å². The van der Waals surface area contributed by atoms with Crippen LogP contribution in [0.1, 0.15) is 37.0 Å². The lowest BCUT2D eigenvalue weighted by atomic mass is 9.92. The molecule has 1 amide bonds. The second kappa shape index (κ2) is 4.77. The van der Waals surface area contributed by atoms with Crippen molar-refractivity contribution in [3.63, 3.8) is 0 Å². The van der Waals surface area contributed by atoms with Gasteiger partial charge in [0, 0.05) is 22.6 Å². The molecule has 0 spiro atoms. The Balaban J connectivity index is 1.81. The Morgan fingerprint density at radius 2 is 2.00 bits per heavy atom. The average Bonchev–Trinajstić information content (AvgIpc) is 3.03. The number of hydrogen-bond donors (Lipinski definition) is 2. The van der Waals surface area contributed by atoms with E-state index in [4.69, 9.17) is 4.42 Å². The number of furan rings is 1. The quantitative estimate of drug-likeness (QED) is 0.753. The summed E-state index contributed by atoms with van der Waals surface area (Å²) >= 11 is 0. The fraction of sp³-hybridized carbons (Fsp3) is 0.250. The number of benzene rings is 1. The number of anilines is 1. The fourth-order valence-electron chi connectivity index (χ4n) is 2.04. The Hall–Kier alpha value is -2.56. The smallest absolute Gasteiger partial charge is 0.292 e. The van der Waals surface area contributed by atoms with E-state index in [1.165, 1.54) is 0 Å². The van der Waals surface area contributed by atoms with Crippen molar-refractivity contribution in [3.05, 3.63) is 47.9 Å². The molecule has 0 saturated heterocycles. The van der Waals surface area contributed by atoms with Crippen molar-refractivity contribution in [3.8, 4) is 0 Å². The number of nitrogens with one attached hydrogen (secondary N) is 2. The van der Waals surface area contributed by atoms with E-state index < -0.39 is 0 Å². The lowest BCUT2D eigenvalue weighted by Crippen LogP contribution is -2.12. The van der Waals surface area contributed by atoms with Gasteiger partial charge in [0.1, 0.15) is 5.58 Å². The number of carbonyl (C=O) groups is 1. The predicted molar refractivity (Wildman–Crippen MR) is 81.5 cm³/mol. The van der Waals surface area contributed by atoms with Crippen LogP contribution < -0.4 is 5.32 Å². The molecular formula is C16H17N3O2. The van der Waals surface area contributed by atoms with Gasteiger partial charge in [0.2, 0.25) is 0 Å². The molecule has 3 rings (SSSR count). The summed E-state index contributed by atoms with van der Waals surface area (Å²) in [5.41, 5.74) is 1.61. The SMILES string of the molecule is CC(C)(C)c1cc(NC(=O)c2cc3ccccc3o2)n[nH]1. The molecule has 0 aliphatic carbocycles. The van der Waals surface area contributed by atoms with Crippen LogP contribution >= 0.6 is 0 Å². The molecule has 0 bridgehead atoms. The Labute approximate surface area is 122 Å². The van der Waals surface area contributed by atoms with Crippen molar-refractivity contribution in [2.45, 2.75) is 26.2 Å². The number of aromatic amines is 1. The van der Waals surface area contributed by atoms with Crippen molar-refractivity contribution >= 4 is 22.7 Å². The zero-order valence-corrected chi connectivity index (χ0v) is 12.2. The molecule has 3 aromatic rings. The highest BCUT2D eigenvalue weighted by Gasteiger charge is 2.18. The van der Waals surface area contributed by atoms with Crippen molar-refractivity contribution in [2.24, 2.45) is 0 Å². The van der Waals surface area contributed by atoms with Gasteiger partial charge in [-0.05, 0) is 12.1 Å². The minimum absolute atomic E-state index is 0.0463. The molecular weight excluding hydrogens is 266 g/mol. The van der Waals surface area contributed by atoms with Gasteiger partial charge < -0.3 is 9.73 Å². The summed E-state index contributed by atoms with van der Waals surface area (Å²) in [4.78, 5) is 12.2. The Morgan fingerprint density at radius 3 is 2.67 bits per heavy atom. The van der Waals surface area contributed by atoms with Gasteiger partial charge in [0.15, 0.2) is 11.6 Å². The van der Waals surface area contributed by atoms with Crippen molar-refractivity contribution in [1.29, 1.82) is 0 Å². The van der Waals surface area contributed by atoms with Gasteiger partial charge in [0.25, 0.3) is 5.91 Å². The lowest BCUT2D eigenvalue weighted by molar-refractivity contribution is 0.0998. The topological polar surface area (TPSA) is 70.9 Å². The van der Waals surface area contributed by atoms with Crippen molar-refractivity contribution in [1.82, 2.24) is 10.2 Å². The van der Waals surface area contributed by atoms with Crippen LogP contribution in [-0.4, -0.2) is 16.1 Å². The van der Waals surface area contributed by atoms with Crippen molar-refractivity contribution in [2.75, 3.05) is 5.32 Å². The summed E-state index contributed by atoms with van der Waals surface area (Å²) in [6.07, 6.45) is 0. The highest BCUT2D eigenvalue weighted by molar-refractivity contribution is 6.04. The maximum atomic E-state index is 12.2. The molecule has 2 N–H and O–H groups in total. The third-order valence-corrected chi connectivity index (χ3v) is 3.28. The predicted octanol–water partition coefficient (Wildman–Crippen LogP) is 3.71.